The van der Waals surface area contributed by atoms with Gasteiger partial charge in [-0.1, -0.05) is 60.1 Å². The number of nitrogens with zero attached hydrogens (tertiary/aromatic N) is 2. The van der Waals surface area contributed by atoms with E-state index in [1.807, 2.05) is 19.9 Å². The molecule has 0 bridgehead atoms. The lowest BCUT2D eigenvalue weighted by molar-refractivity contribution is -0.139. The minimum absolute atomic E-state index is 0.0445. The number of likely N-dealkylation sites (N-methyl/N-ethyl adjacent to an activating group) is 1. The Morgan fingerprint density at radius 2 is 1.59 bits per heavy atom. The van der Waals surface area contributed by atoms with E-state index >= 15 is 0 Å². The number of halogens is 1. The number of anilines is 1. The van der Waals surface area contributed by atoms with Gasteiger partial charge in [0.25, 0.3) is 10.0 Å². The number of nitrogens with one attached hydrogen (secondary N) is 1. The Morgan fingerprint density at radius 3 is 2.24 bits per heavy atom. The molecular weight excluding hydrogens is 510 g/mol. The third-order valence-electron chi connectivity index (χ3n) is 6.27. The van der Waals surface area contributed by atoms with Gasteiger partial charge in [-0.25, -0.2) is 8.42 Å². The summed E-state index contributed by atoms with van der Waals surface area (Å²) in [6.45, 7) is 7.07. The van der Waals surface area contributed by atoms with E-state index in [1.54, 1.807) is 68.4 Å². The quantitative estimate of drug-likeness (QED) is 0.403. The number of carbonyl (C=O) groups is 2. The van der Waals surface area contributed by atoms with Crippen molar-refractivity contribution >= 4 is 39.1 Å². The maximum atomic E-state index is 13.9. The summed E-state index contributed by atoms with van der Waals surface area (Å²) in [7, 11) is -4.10. The molecule has 2 amide bonds. The second kappa shape index (κ2) is 12.3. The van der Waals surface area contributed by atoms with Crippen molar-refractivity contribution in [1.29, 1.82) is 0 Å². The minimum Gasteiger partial charge on any atom is -0.355 e. The molecule has 0 aromatic heterocycles. The van der Waals surface area contributed by atoms with Crippen molar-refractivity contribution in [3.05, 3.63) is 94.5 Å². The van der Waals surface area contributed by atoms with E-state index < -0.39 is 28.5 Å². The summed E-state index contributed by atoms with van der Waals surface area (Å²) < 4.78 is 28.8. The van der Waals surface area contributed by atoms with Crippen molar-refractivity contribution in [3.63, 3.8) is 0 Å². The highest BCUT2D eigenvalue weighted by atomic mass is 35.5. The zero-order valence-electron chi connectivity index (χ0n) is 21.4. The topological polar surface area (TPSA) is 86.8 Å². The standard InChI is InChI=1S/C28H32ClN3O4S/c1-5-30-28(34)22(4)31(18-23-13-9-10-16-25(23)29)27(33)19-32(26-17-11-12-20(2)21(26)3)37(35,36)24-14-7-6-8-15-24/h6-17,22H,5,18-19H2,1-4H3,(H,30,34)/t22-/m0/s1. The molecule has 0 aliphatic rings. The van der Waals surface area contributed by atoms with Crippen LogP contribution >= 0.6 is 11.6 Å². The number of hydrogen-bond acceptors (Lipinski definition) is 4. The maximum absolute atomic E-state index is 13.9. The lowest BCUT2D eigenvalue weighted by Crippen LogP contribution is -2.51. The molecule has 3 aromatic carbocycles. The molecule has 0 aliphatic heterocycles. The van der Waals surface area contributed by atoms with Crippen molar-refractivity contribution in [2.75, 3.05) is 17.4 Å². The zero-order chi connectivity index (χ0) is 27.2. The lowest BCUT2D eigenvalue weighted by atomic mass is 10.1. The fourth-order valence-corrected chi connectivity index (χ4v) is 5.64. The Labute approximate surface area is 224 Å². The third kappa shape index (κ3) is 6.50. The zero-order valence-corrected chi connectivity index (χ0v) is 23.0. The molecule has 37 heavy (non-hydrogen) atoms. The Morgan fingerprint density at radius 1 is 0.946 bits per heavy atom. The van der Waals surface area contributed by atoms with E-state index in [2.05, 4.69) is 5.32 Å². The number of carbonyl (C=O) groups excluding carboxylic acids is 2. The van der Waals surface area contributed by atoms with Crippen molar-refractivity contribution in [2.24, 2.45) is 0 Å². The van der Waals surface area contributed by atoms with Crippen LogP contribution in [0.1, 0.15) is 30.5 Å². The predicted molar refractivity (Wildman–Crippen MR) is 147 cm³/mol. The van der Waals surface area contributed by atoms with Gasteiger partial charge < -0.3 is 10.2 Å². The second-order valence-corrected chi connectivity index (χ2v) is 11.0. The van der Waals surface area contributed by atoms with E-state index in [1.165, 1.54) is 17.0 Å². The highest BCUT2D eigenvalue weighted by molar-refractivity contribution is 7.92. The van der Waals surface area contributed by atoms with E-state index in [0.717, 1.165) is 15.4 Å². The van der Waals surface area contributed by atoms with E-state index in [9.17, 15) is 18.0 Å². The molecule has 1 atom stereocenters. The number of aryl methyl sites for hydroxylation is 1. The molecule has 0 saturated heterocycles. The number of benzene rings is 3. The molecule has 7 nitrogen and oxygen atoms in total. The highest BCUT2D eigenvalue weighted by Gasteiger charge is 2.33. The number of hydrogen-bond donors (Lipinski definition) is 1. The van der Waals surface area contributed by atoms with Crippen LogP contribution < -0.4 is 9.62 Å². The van der Waals surface area contributed by atoms with Gasteiger partial charge in [0.15, 0.2) is 0 Å². The first-order chi connectivity index (χ1) is 17.6. The molecule has 1 N–H and O–H groups in total. The van der Waals surface area contributed by atoms with Crippen molar-refractivity contribution < 1.29 is 18.0 Å². The Kier molecular flexibility index (Phi) is 9.34. The van der Waals surface area contributed by atoms with Crippen molar-refractivity contribution in [1.82, 2.24) is 10.2 Å². The number of sulfonamides is 1. The molecule has 0 heterocycles. The van der Waals surface area contributed by atoms with Crippen LogP contribution in [0.5, 0.6) is 0 Å². The number of rotatable bonds is 10. The molecule has 0 unspecified atom stereocenters. The van der Waals surface area contributed by atoms with Gasteiger partial charge in [-0.3, -0.25) is 13.9 Å². The monoisotopic (exact) mass is 541 g/mol. The predicted octanol–water partition coefficient (Wildman–Crippen LogP) is 4.71. The first kappa shape index (κ1) is 28.2. The summed E-state index contributed by atoms with van der Waals surface area (Å²) in [5, 5.41) is 3.19. The summed E-state index contributed by atoms with van der Waals surface area (Å²) in [6, 6.07) is 19.5. The van der Waals surface area contributed by atoms with E-state index in [0.29, 0.717) is 22.8 Å². The summed E-state index contributed by atoms with van der Waals surface area (Å²) in [5.41, 5.74) is 2.68. The summed E-state index contributed by atoms with van der Waals surface area (Å²) in [4.78, 5) is 28.1. The fraction of sp³-hybridized carbons (Fsp3) is 0.286. The molecule has 0 radical (unpaired) electrons. The van der Waals surface area contributed by atoms with Gasteiger partial charge in [0.05, 0.1) is 10.6 Å². The van der Waals surface area contributed by atoms with Crippen LogP contribution in [0, 0.1) is 13.8 Å². The Hall–Kier alpha value is -3.36. The van der Waals surface area contributed by atoms with Gasteiger partial charge in [-0.15, -0.1) is 0 Å². The van der Waals surface area contributed by atoms with Crippen LogP contribution in [-0.2, 0) is 26.2 Å². The van der Waals surface area contributed by atoms with Crippen molar-refractivity contribution in [2.45, 2.75) is 45.2 Å². The molecular formula is C28H32ClN3O4S. The minimum atomic E-state index is -4.10. The molecule has 3 aromatic rings. The van der Waals surface area contributed by atoms with Crippen molar-refractivity contribution in [3.8, 4) is 0 Å². The Balaban J connectivity index is 2.08. The van der Waals surface area contributed by atoms with Gasteiger partial charge in [-0.05, 0) is 68.7 Å². The van der Waals surface area contributed by atoms with Crippen LogP contribution in [0.15, 0.2) is 77.7 Å². The summed E-state index contributed by atoms with van der Waals surface area (Å²) in [6.07, 6.45) is 0. The first-order valence-electron chi connectivity index (χ1n) is 12.0. The van der Waals surface area contributed by atoms with Crippen LogP contribution in [0.2, 0.25) is 5.02 Å². The van der Waals surface area contributed by atoms with Crippen LogP contribution in [0.4, 0.5) is 5.69 Å². The average Bonchev–Trinajstić information content (AvgIpc) is 2.88. The van der Waals surface area contributed by atoms with Gasteiger partial charge in [-0.2, -0.15) is 0 Å². The molecule has 9 heteroatoms. The van der Waals surface area contributed by atoms with E-state index in [-0.39, 0.29) is 17.3 Å². The largest absolute Gasteiger partial charge is 0.355 e. The average molecular weight is 542 g/mol. The maximum Gasteiger partial charge on any atom is 0.264 e. The fourth-order valence-electron chi connectivity index (χ4n) is 3.95. The summed E-state index contributed by atoms with van der Waals surface area (Å²) in [5.74, 6) is -0.869. The normalized spacial score (nSPS) is 12.0. The first-order valence-corrected chi connectivity index (χ1v) is 13.8. The van der Waals surface area contributed by atoms with Crippen LogP contribution in [0.25, 0.3) is 0 Å². The van der Waals surface area contributed by atoms with Gasteiger partial charge in [0, 0.05) is 18.1 Å². The smallest absolute Gasteiger partial charge is 0.264 e. The van der Waals surface area contributed by atoms with Gasteiger partial charge in [0.2, 0.25) is 11.8 Å². The third-order valence-corrected chi connectivity index (χ3v) is 8.41. The molecule has 0 aliphatic carbocycles. The highest BCUT2D eigenvalue weighted by Crippen LogP contribution is 2.29. The van der Waals surface area contributed by atoms with Gasteiger partial charge >= 0.3 is 0 Å². The second-order valence-electron chi connectivity index (χ2n) is 8.73. The van der Waals surface area contributed by atoms with Crippen LogP contribution in [0.3, 0.4) is 0 Å². The molecule has 0 spiro atoms. The van der Waals surface area contributed by atoms with Gasteiger partial charge in [0.1, 0.15) is 12.6 Å². The molecule has 3 rings (SSSR count). The molecule has 0 fully saturated rings. The molecule has 0 saturated carbocycles. The molecule has 196 valence electrons. The van der Waals surface area contributed by atoms with Crippen LogP contribution in [-0.4, -0.2) is 44.3 Å². The van der Waals surface area contributed by atoms with E-state index in [4.69, 9.17) is 11.6 Å². The summed E-state index contributed by atoms with van der Waals surface area (Å²) >= 11 is 6.37. The SMILES string of the molecule is CCNC(=O)[C@H](C)N(Cc1ccccc1Cl)C(=O)CN(c1cccc(C)c1C)S(=O)(=O)c1ccccc1. The number of amides is 2. The lowest BCUT2D eigenvalue weighted by Gasteiger charge is -2.32. The Bertz CT molecular complexity index is 1360.